The Balaban J connectivity index is 2.19. The van der Waals surface area contributed by atoms with E-state index < -0.39 is 17.2 Å². The lowest BCUT2D eigenvalue weighted by atomic mass is 10.1. The lowest BCUT2D eigenvalue weighted by Gasteiger charge is -2.25. The van der Waals surface area contributed by atoms with Crippen molar-refractivity contribution in [1.82, 2.24) is 9.55 Å². The van der Waals surface area contributed by atoms with Gasteiger partial charge in [-0.25, -0.2) is 4.79 Å². The minimum Gasteiger partial charge on any atom is -0.383 e. The molecule has 3 rings (SSSR count). The molecule has 0 bridgehead atoms. The molecular weight excluding hydrogens is 448 g/mol. The third kappa shape index (κ3) is 5.08. The summed E-state index contributed by atoms with van der Waals surface area (Å²) in [5.41, 5.74) is 5.96. The second-order valence-electron chi connectivity index (χ2n) is 7.22. The average molecular weight is 473 g/mol. The van der Waals surface area contributed by atoms with Crippen molar-refractivity contribution in [2.45, 2.75) is 37.8 Å². The summed E-state index contributed by atoms with van der Waals surface area (Å²) in [5.74, 6) is -0.527. The molecule has 0 atom stereocenters. The van der Waals surface area contributed by atoms with Crippen LogP contribution in [-0.4, -0.2) is 21.7 Å². The first-order chi connectivity index (χ1) is 15.4. The number of thioether (sulfide) groups is 1. The zero-order valence-electron chi connectivity index (χ0n) is 17.9. The van der Waals surface area contributed by atoms with E-state index in [9.17, 15) is 14.4 Å². The molecule has 3 aromatic rings. The molecule has 0 aliphatic rings. The number of rotatable bonds is 8. The number of unbranched alkanes of at least 4 members (excludes halogenated alkanes) is 1. The van der Waals surface area contributed by atoms with Gasteiger partial charge in [0.25, 0.3) is 11.5 Å². The van der Waals surface area contributed by atoms with Gasteiger partial charge in [0.05, 0.1) is 17.1 Å². The molecule has 1 heterocycles. The fraction of sp³-hybridized carbons (Fsp3) is 0.261. The van der Waals surface area contributed by atoms with Crippen molar-refractivity contribution in [3.63, 3.8) is 0 Å². The number of nitrogen functional groups attached to an aromatic ring is 1. The predicted octanol–water partition coefficient (Wildman–Crippen LogP) is 4.14. The highest BCUT2D eigenvalue weighted by atomic mass is 35.5. The summed E-state index contributed by atoms with van der Waals surface area (Å²) in [4.78, 5) is 43.4. The van der Waals surface area contributed by atoms with Gasteiger partial charge in [-0.05, 0) is 36.4 Å². The highest BCUT2D eigenvalue weighted by Crippen LogP contribution is 2.28. The standard InChI is InChI=1S/C23H25ClN4O3S/c1-3-4-12-27-20(25)19(21(29)26-23(27)31)28(14-15-8-6-5-7-9-15)22(30)17-13-16(32-2)10-11-18(17)24/h5-11,13H,3-4,12,14,25H2,1-2H3,(H,26,29,31). The number of carbonyl (C=O) groups is 1. The molecule has 32 heavy (non-hydrogen) atoms. The summed E-state index contributed by atoms with van der Waals surface area (Å²) < 4.78 is 1.30. The summed E-state index contributed by atoms with van der Waals surface area (Å²) in [6, 6.07) is 14.4. The van der Waals surface area contributed by atoms with Crippen LogP contribution in [0.15, 0.2) is 63.0 Å². The first-order valence-electron chi connectivity index (χ1n) is 10.2. The molecule has 0 saturated carbocycles. The van der Waals surface area contributed by atoms with E-state index in [1.165, 1.54) is 21.2 Å². The minimum absolute atomic E-state index is 0.0476. The lowest BCUT2D eigenvalue weighted by Crippen LogP contribution is -2.41. The molecule has 0 fully saturated rings. The molecule has 0 saturated heterocycles. The van der Waals surface area contributed by atoms with Crippen molar-refractivity contribution < 1.29 is 4.79 Å². The topological polar surface area (TPSA) is 101 Å². The number of halogens is 1. The normalized spacial score (nSPS) is 10.8. The second-order valence-corrected chi connectivity index (χ2v) is 8.51. The van der Waals surface area contributed by atoms with Gasteiger partial charge < -0.3 is 5.73 Å². The van der Waals surface area contributed by atoms with Crippen LogP contribution >= 0.6 is 23.4 Å². The molecule has 1 aromatic heterocycles. The number of nitrogens with two attached hydrogens (primary N) is 1. The first kappa shape index (κ1) is 23.7. The van der Waals surface area contributed by atoms with Gasteiger partial charge in [0.1, 0.15) is 5.82 Å². The average Bonchev–Trinajstić information content (AvgIpc) is 2.78. The Labute approximate surface area is 195 Å². The number of aromatic nitrogens is 2. The van der Waals surface area contributed by atoms with E-state index in [2.05, 4.69) is 4.98 Å². The number of nitrogens with one attached hydrogen (secondary N) is 1. The van der Waals surface area contributed by atoms with E-state index in [0.717, 1.165) is 16.9 Å². The van der Waals surface area contributed by atoms with Gasteiger partial charge in [0, 0.05) is 11.4 Å². The van der Waals surface area contributed by atoms with Crippen molar-refractivity contribution in [3.8, 4) is 0 Å². The number of benzene rings is 2. The minimum atomic E-state index is -0.721. The highest BCUT2D eigenvalue weighted by molar-refractivity contribution is 7.98. The zero-order chi connectivity index (χ0) is 23.3. The van der Waals surface area contributed by atoms with Crippen LogP contribution in [0.3, 0.4) is 0 Å². The number of anilines is 2. The molecule has 0 unspecified atom stereocenters. The predicted molar refractivity (Wildman–Crippen MR) is 131 cm³/mol. The Kier molecular flexibility index (Phi) is 7.82. The van der Waals surface area contributed by atoms with E-state index in [4.69, 9.17) is 17.3 Å². The smallest absolute Gasteiger partial charge is 0.330 e. The maximum Gasteiger partial charge on any atom is 0.330 e. The van der Waals surface area contributed by atoms with Crippen LogP contribution in [-0.2, 0) is 13.1 Å². The molecule has 0 aliphatic heterocycles. The molecular formula is C23H25ClN4O3S. The fourth-order valence-corrected chi connectivity index (χ4v) is 3.97. The summed E-state index contributed by atoms with van der Waals surface area (Å²) in [5, 5.41) is 0.264. The Morgan fingerprint density at radius 1 is 1.19 bits per heavy atom. The van der Waals surface area contributed by atoms with Crippen LogP contribution in [0.1, 0.15) is 35.7 Å². The molecule has 9 heteroatoms. The number of aromatic amines is 1. The van der Waals surface area contributed by atoms with Crippen LogP contribution < -0.4 is 21.9 Å². The maximum absolute atomic E-state index is 13.7. The van der Waals surface area contributed by atoms with Gasteiger partial charge in [0.15, 0.2) is 5.69 Å². The number of H-pyrrole nitrogens is 1. The number of hydrogen-bond donors (Lipinski definition) is 2. The fourth-order valence-electron chi connectivity index (χ4n) is 3.34. The molecule has 0 spiro atoms. The van der Waals surface area contributed by atoms with Gasteiger partial charge >= 0.3 is 5.69 Å². The second kappa shape index (κ2) is 10.6. The van der Waals surface area contributed by atoms with E-state index in [1.54, 1.807) is 12.1 Å². The molecule has 0 radical (unpaired) electrons. The molecule has 3 N–H and O–H groups in total. The monoisotopic (exact) mass is 472 g/mol. The molecule has 2 aromatic carbocycles. The molecule has 7 nitrogen and oxygen atoms in total. The summed E-state index contributed by atoms with van der Waals surface area (Å²) in [6.07, 6.45) is 3.43. The van der Waals surface area contributed by atoms with Gasteiger partial charge in [-0.3, -0.25) is 24.0 Å². The van der Waals surface area contributed by atoms with Crippen molar-refractivity contribution in [2.24, 2.45) is 0 Å². The Hall–Kier alpha value is -2.97. The maximum atomic E-state index is 13.7. The Morgan fingerprint density at radius 2 is 1.91 bits per heavy atom. The van der Waals surface area contributed by atoms with E-state index >= 15 is 0 Å². The Morgan fingerprint density at radius 3 is 2.56 bits per heavy atom. The van der Waals surface area contributed by atoms with Crippen LogP contribution in [0.2, 0.25) is 5.02 Å². The van der Waals surface area contributed by atoms with Crippen molar-refractivity contribution in [1.29, 1.82) is 0 Å². The SMILES string of the molecule is CCCCn1c(N)c(N(Cc2ccccc2)C(=O)c2cc(SC)ccc2Cl)c(=O)[nH]c1=O. The van der Waals surface area contributed by atoms with Gasteiger partial charge in [-0.2, -0.15) is 0 Å². The van der Waals surface area contributed by atoms with Crippen molar-refractivity contribution >= 4 is 40.8 Å². The Bertz CT molecular complexity index is 1220. The van der Waals surface area contributed by atoms with Gasteiger partial charge in [0.2, 0.25) is 0 Å². The van der Waals surface area contributed by atoms with E-state index in [-0.39, 0.29) is 28.6 Å². The number of amides is 1. The van der Waals surface area contributed by atoms with Gasteiger partial charge in [-0.15, -0.1) is 11.8 Å². The van der Waals surface area contributed by atoms with Crippen LogP contribution in [0.5, 0.6) is 0 Å². The van der Waals surface area contributed by atoms with Crippen LogP contribution in [0.25, 0.3) is 0 Å². The number of hydrogen-bond acceptors (Lipinski definition) is 5. The number of nitrogens with zero attached hydrogens (tertiary/aromatic N) is 2. The molecule has 168 valence electrons. The largest absolute Gasteiger partial charge is 0.383 e. The van der Waals surface area contributed by atoms with Gasteiger partial charge in [-0.1, -0.05) is 55.3 Å². The summed E-state index contributed by atoms with van der Waals surface area (Å²) in [6.45, 7) is 2.40. The summed E-state index contributed by atoms with van der Waals surface area (Å²) >= 11 is 7.83. The quantitative estimate of drug-likeness (QED) is 0.480. The highest BCUT2D eigenvalue weighted by Gasteiger charge is 2.27. The van der Waals surface area contributed by atoms with Crippen molar-refractivity contribution in [3.05, 3.63) is 85.5 Å². The third-order valence-corrected chi connectivity index (χ3v) is 6.11. The lowest BCUT2D eigenvalue weighted by molar-refractivity contribution is 0.0984. The molecule has 1 amide bonds. The molecule has 0 aliphatic carbocycles. The van der Waals surface area contributed by atoms with Crippen molar-refractivity contribution in [2.75, 3.05) is 16.9 Å². The summed E-state index contributed by atoms with van der Waals surface area (Å²) in [7, 11) is 0. The van der Waals surface area contributed by atoms with E-state index in [1.807, 2.05) is 49.6 Å². The van der Waals surface area contributed by atoms with Crippen LogP contribution in [0.4, 0.5) is 11.5 Å². The number of carbonyl (C=O) groups excluding carboxylic acids is 1. The third-order valence-electron chi connectivity index (χ3n) is 5.05. The zero-order valence-corrected chi connectivity index (χ0v) is 19.5. The first-order valence-corrected chi connectivity index (χ1v) is 11.8. The van der Waals surface area contributed by atoms with E-state index in [0.29, 0.717) is 13.0 Å². The van der Waals surface area contributed by atoms with Crippen LogP contribution in [0, 0.1) is 0 Å².